The molecule has 12 heteroatoms. The van der Waals surface area contributed by atoms with Gasteiger partial charge in [0.15, 0.2) is 9.84 Å². The summed E-state index contributed by atoms with van der Waals surface area (Å²) in [7, 11) is -4.48. The summed E-state index contributed by atoms with van der Waals surface area (Å²) in [5.74, 6) is 4.39. The normalized spacial score (nSPS) is 12.4. The summed E-state index contributed by atoms with van der Waals surface area (Å²) in [6.45, 7) is 2.68. The van der Waals surface area contributed by atoms with Crippen LogP contribution in [0.1, 0.15) is 32.3 Å². The van der Waals surface area contributed by atoms with Crippen molar-refractivity contribution in [1.29, 1.82) is 0 Å². The molecule has 238 valence electrons. The third-order valence-corrected chi connectivity index (χ3v) is 10.3. The molecule has 0 aliphatic rings. The Bertz CT molecular complexity index is 1730. The van der Waals surface area contributed by atoms with Crippen LogP contribution in [0.15, 0.2) is 82.8 Å². The second-order valence-electron chi connectivity index (χ2n) is 9.79. The Morgan fingerprint density at radius 2 is 1.36 bits per heavy atom. The predicted octanol–water partition coefficient (Wildman–Crippen LogP) is 3.96. The number of aromatic nitrogens is 1. The molecule has 0 aliphatic carbocycles. The summed E-state index contributed by atoms with van der Waals surface area (Å²) in [4.78, 5) is 27.7. The third-order valence-electron chi connectivity index (χ3n) is 6.63. The van der Waals surface area contributed by atoms with E-state index in [0.717, 1.165) is 4.31 Å². The lowest BCUT2D eigenvalue weighted by Gasteiger charge is -2.28. The van der Waals surface area contributed by atoms with E-state index in [1.54, 1.807) is 48.8 Å². The fourth-order valence-corrected chi connectivity index (χ4v) is 7.34. The van der Waals surface area contributed by atoms with Gasteiger partial charge in [-0.25, -0.2) is 16.8 Å². The van der Waals surface area contributed by atoms with E-state index in [2.05, 4.69) is 16.8 Å². The van der Waals surface area contributed by atoms with Gasteiger partial charge in [-0.1, -0.05) is 6.07 Å². The molecule has 0 unspecified atom stereocenters. The monoisotopic (exact) mass is 652 g/mol. The van der Waals surface area contributed by atoms with Crippen LogP contribution < -0.4 is 9.47 Å². The number of benzene rings is 2. The second-order valence-corrected chi connectivity index (χ2v) is 13.7. The number of ketones is 2. The minimum absolute atomic E-state index is 0.00582. The van der Waals surface area contributed by atoms with Crippen molar-refractivity contribution in [2.45, 2.75) is 49.1 Å². The summed E-state index contributed by atoms with van der Waals surface area (Å²) in [6.07, 6.45) is 13.8. The number of Topliss-reactive ketones (excluding diaryl/α,β-unsaturated/α-hetero) is 2. The zero-order valence-corrected chi connectivity index (χ0v) is 27.2. The second kappa shape index (κ2) is 17.1. The van der Waals surface area contributed by atoms with Crippen LogP contribution >= 0.6 is 0 Å². The maximum Gasteiger partial charge on any atom is 0.244 e. The molecule has 3 aromatic rings. The van der Waals surface area contributed by atoms with E-state index in [4.69, 9.17) is 22.3 Å². The lowest BCUT2D eigenvalue weighted by Crippen LogP contribution is -2.43. The van der Waals surface area contributed by atoms with Crippen molar-refractivity contribution in [3.63, 3.8) is 0 Å². The number of methoxy groups -OCH3 is 2. The number of hydrogen-bond acceptors (Lipinski definition) is 9. The summed E-state index contributed by atoms with van der Waals surface area (Å²) in [5, 5.41) is 0. The first-order valence-electron chi connectivity index (χ1n) is 13.6. The van der Waals surface area contributed by atoms with Crippen molar-refractivity contribution < 1.29 is 35.9 Å². The molecule has 0 amide bonds. The number of hydrogen-bond donors (Lipinski definition) is 0. The van der Waals surface area contributed by atoms with Crippen molar-refractivity contribution in [2.75, 3.05) is 20.0 Å². The fraction of sp³-hybridized carbons (Fsp3) is 0.303. The molecule has 0 saturated heterocycles. The Hall–Kier alpha value is -4.49. The molecule has 0 aliphatic heterocycles. The number of terminal acetylenes is 2. The number of carbonyl (C=O) groups excluding carboxylic acids is 2. The zero-order valence-electron chi connectivity index (χ0n) is 25.5. The summed E-state index contributed by atoms with van der Waals surface area (Å²) in [5.41, 5.74) is 0.660. The molecule has 3 rings (SSSR count). The summed E-state index contributed by atoms with van der Waals surface area (Å²) < 4.78 is 61.9. The van der Waals surface area contributed by atoms with Gasteiger partial charge < -0.3 is 9.47 Å². The van der Waals surface area contributed by atoms with Gasteiger partial charge in [0.2, 0.25) is 10.0 Å². The lowest BCUT2D eigenvalue weighted by atomic mass is 10.0. The Morgan fingerprint density at radius 3 is 1.78 bits per heavy atom. The van der Waals surface area contributed by atoms with E-state index in [0.29, 0.717) is 17.1 Å². The Kier molecular flexibility index (Phi) is 14.0. The van der Waals surface area contributed by atoms with Gasteiger partial charge in [-0.15, -0.1) is 24.7 Å². The molecule has 2 aromatic carbocycles. The Balaban J connectivity index is 0.000000330. The largest absolute Gasteiger partial charge is 0.497 e. The Morgan fingerprint density at radius 1 is 0.822 bits per heavy atom. The van der Waals surface area contributed by atoms with Crippen LogP contribution in [0.25, 0.3) is 0 Å². The molecular weight excluding hydrogens is 617 g/mol. The third kappa shape index (κ3) is 10.6. The van der Waals surface area contributed by atoms with Crippen molar-refractivity contribution in [3.05, 3.63) is 78.6 Å². The molecule has 0 fully saturated rings. The molecule has 2 atom stereocenters. The number of ether oxygens (including phenoxy) is 2. The molecule has 0 saturated carbocycles. The minimum atomic E-state index is -3.96. The number of carbonyl (C=O) groups is 2. The van der Waals surface area contributed by atoms with Gasteiger partial charge in [-0.3, -0.25) is 14.6 Å². The topological polar surface area (TPSA) is 137 Å². The molecule has 1 heterocycles. The maximum absolute atomic E-state index is 13.2. The molecule has 45 heavy (non-hydrogen) atoms. The smallest absolute Gasteiger partial charge is 0.244 e. The van der Waals surface area contributed by atoms with Gasteiger partial charge >= 0.3 is 0 Å². The van der Waals surface area contributed by atoms with Gasteiger partial charge in [0.25, 0.3) is 0 Å². The standard InChI is InChI=1S/C19H20N2O4S.C14H16O4S/c1-4-6-19(15(2)22)21(14-16-7-5-12-20-13-16)26(23,24)18-10-8-17(25-3)9-11-18;1-4-5-12(11(2)15)10-19(16,17)14-8-6-13(18-3)7-9-14/h1,5,7-13,19H,6,14H2,2-3H3;1,6-9,12H,5,10H2,2-3H3/t19-;12-/m10/s1. The highest BCUT2D eigenvalue weighted by atomic mass is 32.2. The number of sulfonamides is 1. The first-order chi connectivity index (χ1) is 21.3. The van der Waals surface area contributed by atoms with E-state index in [1.807, 2.05) is 0 Å². The molecular formula is C33H36N2O8S2. The molecule has 0 spiro atoms. The quantitative estimate of drug-likeness (QED) is 0.237. The number of pyridine rings is 1. The zero-order chi connectivity index (χ0) is 33.6. The highest BCUT2D eigenvalue weighted by molar-refractivity contribution is 7.91. The van der Waals surface area contributed by atoms with Gasteiger partial charge in [0, 0.05) is 37.7 Å². The molecule has 0 bridgehead atoms. The van der Waals surface area contributed by atoms with Crippen LogP contribution in [0.3, 0.4) is 0 Å². The number of rotatable bonds is 14. The van der Waals surface area contributed by atoms with E-state index >= 15 is 0 Å². The summed E-state index contributed by atoms with van der Waals surface area (Å²) >= 11 is 0. The van der Waals surface area contributed by atoms with Gasteiger partial charge in [0.1, 0.15) is 23.1 Å². The van der Waals surface area contributed by atoms with Gasteiger partial charge in [-0.05, 0) is 74.0 Å². The van der Waals surface area contributed by atoms with Crippen molar-refractivity contribution in [2.24, 2.45) is 5.92 Å². The van der Waals surface area contributed by atoms with E-state index in [9.17, 15) is 26.4 Å². The molecule has 1 aromatic heterocycles. The predicted molar refractivity (Wildman–Crippen MR) is 171 cm³/mol. The van der Waals surface area contributed by atoms with Crippen LogP contribution in [0.2, 0.25) is 0 Å². The first-order valence-corrected chi connectivity index (χ1v) is 16.7. The average Bonchev–Trinajstić information content (AvgIpc) is 3.03. The highest BCUT2D eigenvalue weighted by Gasteiger charge is 2.34. The fourth-order valence-electron chi connectivity index (χ4n) is 4.08. The first kappa shape index (κ1) is 36.7. The highest BCUT2D eigenvalue weighted by Crippen LogP contribution is 2.25. The van der Waals surface area contributed by atoms with Crippen LogP contribution in [-0.2, 0) is 36.0 Å². The molecule has 0 N–H and O–H groups in total. The number of nitrogens with zero attached hydrogens (tertiary/aromatic N) is 2. The Labute approximate surface area is 265 Å². The SMILES string of the molecule is C#CC[C@@H](CS(=O)(=O)c1ccc(OC)cc1)C(C)=O.C#CC[C@H](C(C)=O)N(Cc1cccnc1)S(=O)(=O)c1ccc(OC)cc1. The van der Waals surface area contributed by atoms with Crippen LogP contribution in [0.5, 0.6) is 11.5 Å². The average molecular weight is 653 g/mol. The maximum atomic E-state index is 13.2. The van der Waals surface area contributed by atoms with Crippen LogP contribution in [0.4, 0.5) is 0 Å². The molecule has 0 radical (unpaired) electrons. The van der Waals surface area contributed by atoms with Gasteiger partial charge in [-0.2, -0.15) is 4.31 Å². The lowest BCUT2D eigenvalue weighted by molar-refractivity contribution is -0.121. The van der Waals surface area contributed by atoms with Crippen molar-refractivity contribution in [3.8, 4) is 36.2 Å². The van der Waals surface area contributed by atoms with Crippen LogP contribution in [-0.4, -0.2) is 63.7 Å². The van der Waals surface area contributed by atoms with E-state index in [-0.39, 0.29) is 46.5 Å². The van der Waals surface area contributed by atoms with E-state index in [1.165, 1.54) is 52.3 Å². The van der Waals surface area contributed by atoms with Gasteiger partial charge in [0.05, 0.1) is 35.8 Å². The van der Waals surface area contributed by atoms with Crippen molar-refractivity contribution in [1.82, 2.24) is 9.29 Å². The van der Waals surface area contributed by atoms with E-state index < -0.39 is 31.8 Å². The summed E-state index contributed by atoms with van der Waals surface area (Å²) in [6, 6.07) is 14.5. The van der Waals surface area contributed by atoms with Crippen molar-refractivity contribution >= 4 is 31.4 Å². The minimum Gasteiger partial charge on any atom is -0.497 e. The number of sulfone groups is 1. The molecule has 10 nitrogen and oxygen atoms in total. The van der Waals surface area contributed by atoms with Crippen LogP contribution in [0, 0.1) is 30.6 Å².